The van der Waals surface area contributed by atoms with Crippen LogP contribution in [0.1, 0.15) is 25.7 Å². The highest BCUT2D eigenvalue weighted by Crippen LogP contribution is 2.24. The minimum Gasteiger partial charge on any atom is -0.375 e. The minimum absolute atomic E-state index is 0.256. The Morgan fingerprint density at radius 3 is 3.14 bits per heavy atom. The molecule has 14 heavy (non-hydrogen) atoms. The number of nitrogens with two attached hydrogens (primary N) is 1. The van der Waals surface area contributed by atoms with E-state index in [0.29, 0.717) is 6.04 Å². The third-order valence-corrected chi connectivity index (χ3v) is 3.05. The van der Waals surface area contributed by atoms with Gasteiger partial charge in [0.1, 0.15) is 0 Å². The van der Waals surface area contributed by atoms with Crippen LogP contribution in [0.25, 0.3) is 0 Å². The fraction of sp³-hybridized carbons (Fsp3) is 0.778. The molecule has 2 aliphatic heterocycles. The van der Waals surface area contributed by atoms with Crippen molar-refractivity contribution >= 4 is 23.0 Å². The molecule has 2 rings (SSSR count). The molecular formula is C9H16N4S. The summed E-state index contributed by atoms with van der Waals surface area (Å²) in [6.07, 6.45) is 4.93. The quantitative estimate of drug-likeness (QED) is 0.489. The molecule has 0 radical (unpaired) electrons. The van der Waals surface area contributed by atoms with Gasteiger partial charge in [-0.1, -0.05) is 6.42 Å². The van der Waals surface area contributed by atoms with Crippen molar-refractivity contribution in [1.29, 1.82) is 0 Å². The van der Waals surface area contributed by atoms with Gasteiger partial charge in [-0.2, -0.15) is 5.10 Å². The molecule has 4 nitrogen and oxygen atoms in total. The minimum atomic E-state index is 0.256. The van der Waals surface area contributed by atoms with Gasteiger partial charge in [0, 0.05) is 19.0 Å². The van der Waals surface area contributed by atoms with Crippen molar-refractivity contribution in [3.05, 3.63) is 0 Å². The van der Waals surface area contributed by atoms with Crippen LogP contribution in [-0.2, 0) is 0 Å². The standard InChI is InChI=1S/C9H16N4S/c10-9(14)12-11-7-4-6-13-5-2-1-3-8(7)13/h8H,1-6H2,(H3,10,12,14). The van der Waals surface area contributed by atoms with Crippen LogP contribution >= 0.6 is 12.2 Å². The van der Waals surface area contributed by atoms with Crippen LogP contribution in [0.5, 0.6) is 0 Å². The molecule has 2 heterocycles. The lowest BCUT2D eigenvalue weighted by Gasteiger charge is -2.28. The summed E-state index contributed by atoms with van der Waals surface area (Å²) in [6, 6.07) is 0.547. The average molecular weight is 212 g/mol. The highest BCUT2D eigenvalue weighted by molar-refractivity contribution is 7.80. The lowest BCUT2D eigenvalue weighted by Crippen LogP contribution is -2.38. The number of nitrogens with one attached hydrogen (secondary N) is 1. The zero-order chi connectivity index (χ0) is 9.97. The summed E-state index contributed by atoms with van der Waals surface area (Å²) in [5.74, 6) is 0. The first-order chi connectivity index (χ1) is 6.77. The molecule has 5 heteroatoms. The zero-order valence-electron chi connectivity index (χ0n) is 8.20. The zero-order valence-corrected chi connectivity index (χ0v) is 9.02. The van der Waals surface area contributed by atoms with Crippen molar-refractivity contribution < 1.29 is 0 Å². The highest BCUT2D eigenvalue weighted by Gasteiger charge is 2.32. The number of rotatable bonds is 1. The normalized spacial score (nSPS) is 30.3. The largest absolute Gasteiger partial charge is 0.375 e. The molecule has 78 valence electrons. The van der Waals surface area contributed by atoms with Crippen LogP contribution in [-0.4, -0.2) is 34.9 Å². The van der Waals surface area contributed by atoms with Gasteiger partial charge >= 0.3 is 0 Å². The van der Waals surface area contributed by atoms with Crippen molar-refractivity contribution in [1.82, 2.24) is 10.3 Å². The highest BCUT2D eigenvalue weighted by atomic mass is 32.1. The maximum absolute atomic E-state index is 5.34. The molecule has 0 bridgehead atoms. The lowest BCUT2D eigenvalue weighted by atomic mass is 10.0. The molecule has 3 N–H and O–H groups in total. The molecule has 2 fully saturated rings. The smallest absolute Gasteiger partial charge is 0.184 e. The summed E-state index contributed by atoms with van der Waals surface area (Å²) >= 11 is 4.72. The first kappa shape index (κ1) is 9.86. The molecule has 0 aromatic heterocycles. The van der Waals surface area contributed by atoms with Crippen LogP contribution in [0, 0.1) is 0 Å². The maximum atomic E-state index is 5.34. The number of hydrazone groups is 1. The van der Waals surface area contributed by atoms with Crippen LogP contribution in [0.15, 0.2) is 5.10 Å². The van der Waals surface area contributed by atoms with Gasteiger partial charge in [0.2, 0.25) is 0 Å². The van der Waals surface area contributed by atoms with E-state index in [4.69, 9.17) is 18.0 Å². The molecule has 0 aliphatic carbocycles. The first-order valence-electron chi connectivity index (χ1n) is 5.13. The summed E-state index contributed by atoms with van der Waals surface area (Å²) in [4.78, 5) is 2.50. The topological polar surface area (TPSA) is 53.6 Å². The van der Waals surface area contributed by atoms with Crippen LogP contribution in [0.4, 0.5) is 0 Å². The summed E-state index contributed by atoms with van der Waals surface area (Å²) in [5.41, 5.74) is 9.25. The Kier molecular flexibility index (Phi) is 2.98. The van der Waals surface area contributed by atoms with E-state index in [1.165, 1.54) is 31.5 Å². The van der Waals surface area contributed by atoms with Gasteiger partial charge < -0.3 is 5.73 Å². The van der Waals surface area contributed by atoms with Crippen molar-refractivity contribution in [2.75, 3.05) is 13.1 Å². The van der Waals surface area contributed by atoms with Crippen LogP contribution in [0.3, 0.4) is 0 Å². The van der Waals surface area contributed by atoms with Crippen molar-refractivity contribution in [2.24, 2.45) is 10.8 Å². The molecule has 0 saturated carbocycles. The van der Waals surface area contributed by atoms with Gasteiger partial charge in [0.15, 0.2) is 5.11 Å². The molecule has 0 aromatic rings. The number of nitrogens with zero attached hydrogens (tertiary/aromatic N) is 2. The van der Waals surface area contributed by atoms with E-state index in [2.05, 4.69) is 15.4 Å². The van der Waals surface area contributed by atoms with E-state index in [-0.39, 0.29) is 5.11 Å². The van der Waals surface area contributed by atoms with Crippen molar-refractivity contribution in [3.8, 4) is 0 Å². The first-order valence-corrected chi connectivity index (χ1v) is 5.54. The Morgan fingerprint density at radius 2 is 2.36 bits per heavy atom. The van der Waals surface area contributed by atoms with Crippen molar-refractivity contribution in [2.45, 2.75) is 31.7 Å². The van der Waals surface area contributed by atoms with E-state index < -0.39 is 0 Å². The van der Waals surface area contributed by atoms with E-state index in [9.17, 15) is 0 Å². The second-order valence-electron chi connectivity index (χ2n) is 3.88. The molecule has 0 aromatic carbocycles. The van der Waals surface area contributed by atoms with Crippen molar-refractivity contribution in [3.63, 3.8) is 0 Å². The Balaban J connectivity index is 1.99. The molecular weight excluding hydrogens is 196 g/mol. The van der Waals surface area contributed by atoms with Gasteiger partial charge in [-0.15, -0.1) is 0 Å². The van der Waals surface area contributed by atoms with Gasteiger partial charge in [-0.25, -0.2) is 0 Å². The fourth-order valence-corrected chi connectivity index (χ4v) is 2.36. The number of hydrogen-bond donors (Lipinski definition) is 2. The van der Waals surface area contributed by atoms with E-state index in [1.54, 1.807) is 0 Å². The van der Waals surface area contributed by atoms with Crippen LogP contribution in [0.2, 0.25) is 0 Å². The van der Waals surface area contributed by atoms with Gasteiger partial charge in [0.05, 0.1) is 5.71 Å². The van der Waals surface area contributed by atoms with E-state index in [1.807, 2.05) is 0 Å². The summed E-state index contributed by atoms with van der Waals surface area (Å²) in [5, 5.41) is 4.52. The van der Waals surface area contributed by atoms with E-state index in [0.717, 1.165) is 13.0 Å². The molecule has 2 saturated heterocycles. The number of hydrogen-bond acceptors (Lipinski definition) is 3. The van der Waals surface area contributed by atoms with Gasteiger partial charge in [-0.05, 0) is 31.6 Å². The number of piperidine rings is 1. The Morgan fingerprint density at radius 1 is 1.50 bits per heavy atom. The van der Waals surface area contributed by atoms with Gasteiger partial charge in [-0.3, -0.25) is 10.3 Å². The number of thiocarbonyl (C=S) groups is 1. The molecule has 2 aliphatic rings. The second-order valence-corrected chi connectivity index (χ2v) is 4.32. The Labute approximate surface area is 89.5 Å². The van der Waals surface area contributed by atoms with Crippen LogP contribution < -0.4 is 11.2 Å². The molecule has 1 atom stereocenters. The summed E-state index contributed by atoms with van der Waals surface area (Å²) < 4.78 is 0. The average Bonchev–Trinajstić information content (AvgIpc) is 2.58. The predicted molar refractivity (Wildman–Crippen MR) is 61.2 cm³/mol. The monoisotopic (exact) mass is 212 g/mol. The van der Waals surface area contributed by atoms with E-state index >= 15 is 0 Å². The summed E-state index contributed by atoms with van der Waals surface area (Å²) in [7, 11) is 0. The lowest BCUT2D eigenvalue weighted by molar-refractivity contribution is 0.222. The molecule has 0 spiro atoms. The number of fused-ring (bicyclic) bond motifs is 1. The third kappa shape index (κ3) is 2.04. The SMILES string of the molecule is NC(=S)NN=C1CCN2CCCCC12. The predicted octanol–water partition coefficient (Wildman–Crippen LogP) is 0.434. The van der Waals surface area contributed by atoms with Gasteiger partial charge in [0.25, 0.3) is 0 Å². The molecule has 1 unspecified atom stereocenters. The second kappa shape index (κ2) is 4.23. The third-order valence-electron chi connectivity index (χ3n) is 2.96. The maximum Gasteiger partial charge on any atom is 0.184 e. The Bertz CT molecular complexity index is 264. The summed E-state index contributed by atoms with van der Waals surface area (Å²) in [6.45, 7) is 2.36. The molecule has 0 amide bonds. The fourth-order valence-electron chi connectivity index (χ4n) is 2.32. The Hall–Kier alpha value is -0.680.